The van der Waals surface area contributed by atoms with Crippen LogP contribution < -0.4 is 31.9 Å². The van der Waals surface area contributed by atoms with Crippen molar-refractivity contribution >= 4 is 58.9 Å². The molecule has 30 heteroatoms. The zero-order chi connectivity index (χ0) is 78.4. The Morgan fingerprint density at radius 1 is 0.642 bits per heavy atom. The molecule has 3 aromatic rings. The van der Waals surface area contributed by atoms with Crippen molar-refractivity contribution < 1.29 is 97.1 Å². The van der Waals surface area contributed by atoms with Crippen LogP contribution in [0.2, 0.25) is 0 Å². The third kappa shape index (κ3) is 19.6. The number of aliphatic hydroxyl groups is 4. The largest absolute Gasteiger partial charge is 0.508 e. The van der Waals surface area contributed by atoms with Crippen LogP contribution in [0.3, 0.4) is 0 Å². The molecular formula is C79H114N10O20. The Labute approximate surface area is 636 Å². The molecule has 2 saturated carbocycles. The van der Waals surface area contributed by atoms with Gasteiger partial charge in [0.15, 0.2) is 6.23 Å². The second-order valence-electron chi connectivity index (χ2n) is 31.8. The van der Waals surface area contributed by atoms with Gasteiger partial charge in [-0.2, -0.15) is 0 Å². The molecule has 0 radical (unpaired) electrons. The van der Waals surface area contributed by atoms with E-state index in [0.29, 0.717) is 62.0 Å². The number of carbonyl (C=O) groups excluding carboxylic acids is 9. The number of aromatic nitrogens is 3. The van der Waals surface area contributed by atoms with Crippen LogP contribution in [0.5, 0.6) is 5.75 Å². The van der Waals surface area contributed by atoms with E-state index in [4.69, 9.17) is 28.4 Å². The fourth-order valence-corrected chi connectivity index (χ4v) is 17.9. The highest BCUT2D eigenvalue weighted by molar-refractivity contribution is 6.13. The molecule has 3 heterocycles. The van der Waals surface area contributed by atoms with E-state index >= 15 is 0 Å². The minimum atomic E-state index is -1.62. The Bertz CT molecular complexity index is 3740. The number of fused-ring (bicyclic) bond motifs is 7. The van der Waals surface area contributed by atoms with E-state index < -0.39 is 113 Å². The predicted molar refractivity (Wildman–Crippen MR) is 395 cm³/mol. The summed E-state index contributed by atoms with van der Waals surface area (Å²) in [6.07, 6.45) is 6.08. The van der Waals surface area contributed by atoms with Crippen LogP contribution in [0.15, 0.2) is 48.6 Å². The number of phenolic OH excluding ortho intramolecular Hbond substituents is 1. The number of nitrogens with one attached hydrogen (secondary N) is 6. The summed E-state index contributed by atoms with van der Waals surface area (Å²) in [5.74, 6) is -4.43. The Morgan fingerprint density at radius 3 is 1.87 bits per heavy atom. The van der Waals surface area contributed by atoms with Gasteiger partial charge in [0.25, 0.3) is 11.8 Å². The number of hydrogen-bond donors (Lipinski definition) is 11. The van der Waals surface area contributed by atoms with Gasteiger partial charge in [0.05, 0.1) is 82.5 Å². The van der Waals surface area contributed by atoms with Gasteiger partial charge in [0.1, 0.15) is 66.7 Å². The summed E-state index contributed by atoms with van der Waals surface area (Å²) in [5.41, 5.74) is 3.42. The maximum atomic E-state index is 14.9. The third-order valence-electron chi connectivity index (χ3n) is 24.1. The van der Waals surface area contributed by atoms with Gasteiger partial charge < -0.3 is 80.5 Å². The molecule has 15 atom stereocenters. The lowest BCUT2D eigenvalue weighted by Crippen LogP contribution is -2.60. The number of nitrogens with zero attached hydrogens (tertiary/aromatic N) is 4. The van der Waals surface area contributed by atoms with E-state index in [1.54, 1.807) is 26.8 Å². The first kappa shape index (κ1) is 83.8. The fraction of sp³-hybridized carbons (Fsp3) is 0.684. The number of aliphatic hydroxyl groups excluding tert-OH is 4. The molecule has 2 aliphatic heterocycles. The van der Waals surface area contributed by atoms with Crippen LogP contribution >= 0.6 is 0 Å². The third-order valence-corrected chi connectivity index (χ3v) is 24.1. The van der Waals surface area contributed by atoms with Crippen molar-refractivity contribution in [1.82, 2.24) is 46.5 Å². The van der Waals surface area contributed by atoms with E-state index in [2.05, 4.69) is 56.1 Å². The van der Waals surface area contributed by atoms with Gasteiger partial charge in [-0.25, -0.2) is 4.68 Å². The van der Waals surface area contributed by atoms with Gasteiger partial charge in [0.2, 0.25) is 41.4 Å². The maximum absolute atomic E-state index is 14.9. The van der Waals surface area contributed by atoms with E-state index in [9.17, 15) is 68.7 Å². The highest BCUT2D eigenvalue weighted by atomic mass is 16.6. The average molecular weight is 1520 g/mol. The lowest BCUT2D eigenvalue weighted by Gasteiger charge is -2.56. The summed E-state index contributed by atoms with van der Waals surface area (Å²) in [5, 5.41) is 78.0. The Balaban J connectivity index is 0.712. The number of rotatable bonds is 35. The minimum absolute atomic E-state index is 0.00981. The van der Waals surface area contributed by atoms with Crippen LogP contribution in [0.1, 0.15) is 197 Å². The van der Waals surface area contributed by atoms with Gasteiger partial charge in [0, 0.05) is 30.8 Å². The van der Waals surface area contributed by atoms with Crippen molar-refractivity contribution in [2.45, 2.75) is 236 Å². The van der Waals surface area contributed by atoms with E-state index in [1.807, 2.05) is 44.2 Å². The monoisotopic (exact) mass is 1520 g/mol. The highest BCUT2D eigenvalue weighted by Crippen LogP contribution is 2.60. The van der Waals surface area contributed by atoms with Crippen LogP contribution in [-0.2, 0) is 102 Å². The van der Waals surface area contributed by atoms with Crippen molar-refractivity contribution in [2.24, 2.45) is 28.6 Å². The Morgan fingerprint density at radius 2 is 1.25 bits per heavy atom. The number of amides is 9. The molecule has 2 aromatic carbocycles. The molecule has 1 unspecified atom stereocenters. The quantitative estimate of drug-likeness (QED) is 0.0293. The molecule has 109 heavy (non-hydrogen) atoms. The molecule has 11 N–H and O–H groups in total. The van der Waals surface area contributed by atoms with Crippen LogP contribution in [0.25, 0.3) is 0 Å². The predicted octanol–water partition coefficient (Wildman–Crippen LogP) is 3.93. The topological polar surface area (TPSA) is 416 Å². The SMILES string of the molecule is CC(C)[C@H](NC(=O)[C@@H](CCCCNC(=O)COC1CCCCCc2c1nnn2[C@@H]1O[C@H](CO)[C@H](O)[C@H](O)[C@H]1O)NC(=O)CCOCCOCCOCCOCCN1C(=O)C=CC1=O)C(=O)N[C@@H](C)C(=O)Nc1ccc2c(c1)[C@@]1(C)CCC[C@](C)(C(=O)NC(=O)[C@@]3(C)CCC[C@]4(C)c5cc(O)ccc5CC[C@@H]34)[C@@H]1CC2. The van der Waals surface area contributed by atoms with Crippen molar-refractivity contribution in [2.75, 3.05) is 84.5 Å². The number of benzene rings is 2. The molecule has 1 saturated heterocycles. The van der Waals surface area contributed by atoms with Gasteiger partial charge in [-0.05, 0) is 172 Å². The first-order chi connectivity index (χ1) is 52.1. The molecule has 10 rings (SSSR count). The normalized spacial score (nSPS) is 28.0. The first-order valence-corrected chi connectivity index (χ1v) is 39.1. The minimum Gasteiger partial charge on any atom is -0.508 e. The van der Waals surface area contributed by atoms with Gasteiger partial charge >= 0.3 is 0 Å². The molecular weight excluding hydrogens is 1410 g/mol. The number of phenols is 1. The van der Waals surface area contributed by atoms with Crippen molar-refractivity contribution in [3.05, 3.63) is 82.2 Å². The summed E-state index contributed by atoms with van der Waals surface area (Å²) in [4.78, 5) is 124. The second-order valence-corrected chi connectivity index (χ2v) is 31.8. The van der Waals surface area contributed by atoms with Crippen LogP contribution in [0, 0.1) is 28.6 Å². The number of imide groups is 2. The standard InChI is InChI=1S/C79H114N10O20/c1-47(2)65(72(101)81-48(3)70(99)82-51-22-18-49-20-24-59-76(4,53(49)43-51)29-13-31-78(59,6)74(102)85-75(103)79(7)32-14-30-77(5)54-44-52(91)23-19-50(54)21-25-60(77)79)84-71(100)55(83-61(92)28-35-104-37-39-106-41-42-107-40-38-105-36-34-88-63(94)26-27-64(88)95)15-11-12-33-80-62(93)46-108-57-17-10-8-9-16-56-66(57)86-87-89(56)73-69(98)68(97)67(96)58(45-90)109-73/h18-19,22-23,26-27,43-44,47-48,55,57-60,65,67-69,73,90-91,96-98H,8-17,20-21,24-25,28-42,45-46H2,1-7H3,(H,80,93)(H,81,101)(H,82,99)(H,83,92)(H,84,100)(H,85,102,103)/t48-,55+,57?,58+,59+,60+,65-,67-,68-,69+,73+,76+,77+,78-,79-/m0/s1. The summed E-state index contributed by atoms with van der Waals surface area (Å²) < 4.78 is 35.5. The molecule has 0 spiro atoms. The van der Waals surface area contributed by atoms with Crippen LogP contribution in [-0.4, -0.2) is 220 Å². The highest BCUT2D eigenvalue weighted by Gasteiger charge is 2.59. The summed E-state index contributed by atoms with van der Waals surface area (Å²) in [6, 6.07) is 8.01. The number of anilines is 1. The van der Waals surface area contributed by atoms with Gasteiger partial charge in [-0.1, -0.05) is 84.6 Å². The number of carbonyl (C=O) groups is 9. The molecule has 30 nitrogen and oxygen atoms in total. The number of hydrogen-bond acceptors (Lipinski definition) is 22. The summed E-state index contributed by atoms with van der Waals surface area (Å²) in [7, 11) is 0. The molecule has 3 fully saturated rings. The van der Waals surface area contributed by atoms with Gasteiger partial charge in [-0.15, -0.1) is 5.10 Å². The molecule has 5 aliphatic carbocycles. The maximum Gasteiger partial charge on any atom is 0.253 e. The molecule has 9 amide bonds. The molecule has 600 valence electrons. The average Bonchev–Trinajstić information content (AvgIpc) is 1.70. The molecule has 1 aromatic heterocycles. The second kappa shape index (κ2) is 37.6. The first-order valence-electron chi connectivity index (χ1n) is 39.1. The van der Waals surface area contributed by atoms with Crippen molar-refractivity contribution in [1.29, 1.82) is 0 Å². The fourth-order valence-electron chi connectivity index (χ4n) is 17.9. The number of unbranched alkanes of at least 4 members (excludes halogenated alkanes) is 1. The van der Waals surface area contributed by atoms with E-state index in [1.165, 1.54) is 22.4 Å². The summed E-state index contributed by atoms with van der Waals surface area (Å²) in [6.45, 7) is 14.4. The Kier molecular flexibility index (Phi) is 28.9. The smallest absolute Gasteiger partial charge is 0.253 e. The van der Waals surface area contributed by atoms with E-state index in [-0.39, 0.29) is 132 Å². The number of aryl methyl sites for hydroxylation is 2. The lowest BCUT2D eigenvalue weighted by molar-refractivity contribution is -0.254. The van der Waals surface area contributed by atoms with E-state index in [0.717, 1.165) is 85.8 Å². The number of ether oxygens (including phenoxy) is 6. The van der Waals surface area contributed by atoms with Crippen molar-refractivity contribution in [3.8, 4) is 5.75 Å². The molecule has 0 bridgehead atoms. The lowest BCUT2D eigenvalue weighted by atomic mass is 9.49. The zero-order valence-electron chi connectivity index (χ0n) is 64.1. The van der Waals surface area contributed by atoms with Crippen molar-refractivity contribution in [3.63, 3.8) is 0 Å². The Hall–Kier alpha value is -7.65. The van der Waals surface area contributed by atoms with Crippen LogP contribution in [0.4, 0.5) is 5.69 Å². The summed E-state index contributed by atoms with van der Waals surface area (Å²) >= 11 is 0. The molecule has 7 aliphatic rings. The zero-order valence-corrected chi connectivity index (χ0v) is 64.1. The van der Waals surface area contributed by atoms with Gasteiger partial charge in [-0.3, -0.25) is 53.4 Å². The number of aromatic hydroxyl groups is 1.